The highest BCUT2D eigenvalue weighted by atomic mass is 35.5. The molecule has 0 aliphatic carbocycles. The summed E-state index contributed by atoms with van der Waals surface area (Å²) in [6, 6.07) is 5.93. The second-order valence-corrected chi connectivity index (χ2v) is 4.66. The highest BCUT2D eigenvalue weighted by molar-refractivity contribution is 6.30. The molecule has 1 aliphatic rings. The second kappa shape index (κ2) is 4.89. The van der Waals surface area contributed by atoms with Gasteiger partial charge in [-0.2, -0.15) is 0 Å². The van der Waals surface area contributed by atoms with E-state index in [1.165, 1.54) is 11.3 Å². The quantitative estimate of drug-likeness (QED) is 0.800. The van der Waals surface area contributed by atoms with Crippen LogP contribution in [0.3, 0.4) is 0 Å². The van der Waals surface area contributed by atoms with E-state index in [4.69, 9.17) is 17.3 Å². The smallest absolute Gasteiger partial charge is 0.0429 e. The average Bonchev–Trinajstić information content (AvgIpc) is 2.30. The van der Waals surface area contributed by atoms with Gasteiger partial charge in [-0.3, -0.25) is 0 Å². The van der Waals surface area contributed by atoms with Crippen molar-refractivity contribution >= 4 is 17.3 Å². The molecule has 1 aromatic carbocycles. The van der Waals surface area contributed by atoms with E-state index in [9.17, 15) is 0 Å². The number of anilines is 1. The third kappa shape index (κ3) is 2.39. The largest absolute Gasteiger partial charge is 0.367 e. The fraction of sp³-hybridized carbons (Fsp3) is 0.385. The molecule has 0 saturated heterocycles. The lowest BCUT2D eigenvalue weighted by atomic mass is 10.1. The summed E-state index contributed by atoms with van der Waals surface area (Å²) in [6.45, 7) is 4.75. The van der Waals surface area contributed by atoms with Gasteiger partial charge in [0.25, 0.3) is 0 Å². The Labute approximate surface area is 102 Å². The fourth-order valence-electron chi connectivity index (χ4n) is 1.99. The van der Waals surface area contributed by atoms with Gasteiger partial charge in [-0.05, 0) is 31.0 Å². The van der Waals surface area contributed by atoms with Crippen molar-refractivity contribution in [2.24, 2.45) is 5.73 Å². The molecule has 1 aliphatic heterocycles. The Morgan fingerprint density at radius 1 is 1.44 bits per heavy atom. The summed E-state index contributed by atoms with van der Waals surface area (Å²) in [5.41, 5.74) is 9.56. The molecule has 16 heavy (non-hydrogen) atoms. The van der Waals surface area contributed by atoms with Gasteiger partial charge in [0.1, 0.15) is 0 Å². The molecule has 0 radical (unpaired) electrons. The molecule has 0 unspecified atom stereocenters. The Balaban J connectivity index is 2.29. The van der Waals surface area contributed by atoms with E-state index < -0.39 is 0 Å². The molecule has 0 atom stereocenters. The van der Waals surface area contributed by atoms with Crippen LogP contribution in [0.4, 0.5) is 5.69 Å². The Bertz CT molecular complexity index is 412. The number of halogens is 1. The van der Waals surface area contributed by atoms with Gasteiger partial charge in [-0.1, -0.05) is 29.3 Å². The van der Waals surface area contributed by atoms with E-state index in [2.05, 4.69) is 17.9 Å². The third-order valence-corrected chi connectivity index (χ3v) is 3.28. The molecule has 1 aromatic rings. The zero-order chi connectivity index (χ0) is 11.5. The van der Waals surface area contributed by atoms with Crippen LogP contribution < -0.4 is 10.6 Å². The van der Waals surface area contributed by atoms with Crippen molar-refractivity contribution in [2.45, 2.75) is 19.9 Å². The fourth-order valence-corrected chi connectivity index (χ4v) is 2.16. The molecule has 86 valence electrons. The van der Waals surface area contributed by atoms with E-state index in [1.54, 1.807) is 0 Å². The molecule has 2 nitrogen and oxygen atoms in total. The average molecular weight is 237 g/mol. The van der Waals surface area contributed by atoms with Crippen LogP contribution in [0.1, 0.15) is 18.9 Å². The molecule has 2 rings (SSSR count). The molecule has 0 fully saturated rings. The molecule has 0 bridgehead atoms. The molecule has 0 spiro atoms. The van der Waals surface area contributed by atoms with Crippen molar-refractivity contribution < 1.29 is 0 Å². The first-order valence-electron chi connectivity index (χ1n) is 5.60. The van der Waals surface area contributed by atoms with E-state index in [1.807, 2.05) is 18.2 Å². The minimum Gasteiger partial charge on any atom is -0.367 e. The number of rotatable bonds is 2. The SMILES string of the molecule is CC1=CCN(c2cc(Cl)ccc2CN)CC1. The monoisotopic (exact) mass is 236 g/mol. The molecule has 1 heterocycles. The van der Waals surface area contributed by atoms with E-state index in [0.717, 1.165) is 30.1 Å². The Morgan fingerprint density at radius 2 is 2.25 bits per heavy atom. The number of nitrogens with zero attached hydrogens (tertiary/aromatic N) is 1. The van der Waals surface area contributed by atoms with Gasteiger partial charge in [-0.15, -0.1) is 0 Å². The van der Waals surface area contributed by atoms with Gasteiger partial charge in [0, 0.05) is 30.3 Å². The highest BCUT2D eigenvalue weighted by Crippen LogP contribution is 2.27. The summed E-state index contributed by atoms with van der Waals surface area (Å²) < 4.78 is 0. The maximum atomic E-state index is 6.04. The zero-order valence-corrected chi connectivity index (χ0v) is 10.3. The Morgan fingerprint density at radius 3 is 2.88 bits per heavy atom. The second-order valence-electron chi connectivity index (χ2n) is 4.22. The molecule has 0 saturated carbocycles. The first-order valence-corrected chi connectivity index (χ1v) is 5.97. The third-order valence-electron chi connectivity index (χ3n) is 3.04. The van der Waals surface area contributed by atoms with Crippen LogP contribution >= 0.6 is 11.6 Å². The Kier molecular flexibility index (Phi) is 3.52. The predicted octanol–water partition coefficient (Wildman–Crippen LogP) is 2.96. The lowest BCUT2D eigenvalue weighted by Gasteiger charge is -2.29. The standard InChI is InChI=1S/C13H17ClN2/c1-10-4-6-16(7-5-10)13-8-12(14)3-2-11(13)9-15/h2-4,8H,5-7,9,15H2,1H3. The minimum atomic E-state index is 0.561. The van der Waals surface area contributed by atoms with E-state index >= 15 is 0 Å². The van der Waals surface area contributed by atoms with Crippen LogP contribution in [0.25, 0.3) is 0 Å². The number of nitrogens with two attached hydrogens (primary N) is 1. The lowest BCUT2D eigenvalue weighted by molar-refractivity contribution is 0.781. The van der Waals surface area contributed by atoms with E-state index in [-0.39, 0.29) is 0 Å². The van der Waals surface area contributed by atoms with Gasteiger partial charge < -0.3 is 10.6 Å². The molecule has 3 heteroatoms. The van der Waals surface area contributed by atoms with Crippen molar-refractivity contribution in [3.8, 4) is 0 Å². The maximum Gasteiger partial charge on any atom is 0.0429 e. The number of benzene rings is 1. The van der Waals surface area contributed by atoms with E-state index in [0.29, 0.717) is 6.54 Å². The van der Waals surface area contributed by atoms with Gasteiger partial charge in [0.05, 0.1) is 0 Å². The summed E-state index contributed by atoms with van der Waals surface area (Å²) in [5, 5.41) is 0.776. The van der Waals surface area contributed by atoms with Crippen molar-refractivity contribution in [2.75, 3.05) is 18.0 Å². The predicted molar refractivity (Wildman–Crippen MR) is 69.9 cm³/mol. The van der Waals surface area contributed by atoms with Crippen molar-refractivity contribution in [3.63, 3.8) is 0 Å². The van der Waals surface area contributed by atoms with Gasteiger partial charge in [0.15, 0.2) is 0 Å². The summed E-state index contributed by atoms with van der Waals surface area (Å²) in [4.78, 5) is 2.33. The van der Waals surface area contributed by atoms with Crippen LogP contribution in [-0.4, -0.2) is 13.1 Å². The summed E-state index contributed by atoms with van der Waals surface area (Å²) in [7, 11) is 0. The topological polar surface area (TPSA) is 29.3 Å². The van der Waals surface area contributed by atoms with Gasteiger partial charge in [-0.25, -0.2) is 0 Å². The van der Waals surface area contributed by atoms with Crippen LogP contribution in [0.15, 0.2) is 29.8 Å². The Hall–Kier alpha value is -0.990. The van der Waals surface area contributed by atoms with Crippen molar-refractivity contribution in [1.82, 2.24) is 0 Å². The van der Waals surface area contributed by atoms with Gasteiger partial charge in [0.2, 0.25) is 0 Å². The maximum absolute atomic E-state index is 6.04. The number of hydrogen-bond acceptors (Lipinski definition) is 2. The van der Waals surface area contributed by atoms with Gasteiger partial charge >= 0.3 is 0 Å². The first-order chi connectivity index (χ1) is 7.70. The summed E-state index contributed by atoms with van der Waals surface area (Å²) in [6.07, 6.45) is 3.39. The van der Waals surface area contributed by atoms with Crippen LogP contribution in [0.2, 0.25) is 5.02 Å². The van der Waals surface area contributed by atoms with Crippen molar-refractivity contribution in [3.05, 3.63) is 40.4 Å². The normalized spacial score (nSPS) is 16.2. The lowest BCUT2D eigenvalue weighted by Crippen LogP contribution is -2.29. The molecule has 0 amide bonds. The summed E-state index contributed by atoms with van der Waals surface area (Å²) >= 11 is 6.04. The molecule has 0 aromatic heterocycles. The molecular formula is C13H17ClN2. The first kappa shape index (κ1) is 11.5. The summed E-state index contributed by atoms with van der Waals surface area (Å²) in [5.74, 6) is 0. The number of hydrogen-bond donors (Lipinski definition) is 1. The highest BCUT2D eigenvalue weighted by Gasteiger charge is 2.13. The van der Waals surface area contributed by atoms with Crippen molar-refractivity contribution in [1.29, 1.82) is 0 Å². The van der Waals surface area contributed by atoms with Crippen LogP contribution in [0.5, 0.6) is 0 Å². The minimum absolute atomic E-state index is 0.561. The zero-order valence-electron chi connectivity index (χ0n) is 9.54. The molecule has 2 N–H and O–H groups in total. The van der Waals surface area contributed by atoms with Crippen LogP contribution in [-0.2, 0) is 6.54 Å². The molecular weight excluding hydrogens is 220 g/mol. The van der Waals surface area contributed by atoms with Crippen LogP contribution in [0, 0.1) is 0 Å².